The Hall–Kier alpha value is -1.11. The van der Waals surface area contributed by atoms with Crippen LogP contribution < -0.4 is 0 Å². The molecule has 112 valence electrons. The second kappa shape index (κ2) is 7.06. The minimum atomic E-state index is -2.62. The van der Waals surface area contributed by atoms with E-state index in [2.05, 4.69) is 5.10 Å². The van der Waals surface area contributed by atoms with Crippen LogP contribution in [0.25, 0.3) is 0 Å². The summed E-state index contributed by atoms with van der Waals surface area (Å²) in [6.45, 7) is 0. The van der Waals surface area contributed by atoms with Crippen molar-refractivity contribution in [3.8, 4) is 0 Å². The van der Waals surface area contributed by atoms with Crippen LogP contribution in [0.3, 0.4) is 0 Å². The van der Waals surface area contributed by atoms with Gasteiger partial charge in [-0.3, -0.25) is 9.48 Å². The van der Waals surface area contributed by atoms with E-state index in [9.17, 15) is 13.6 Å². The van der Waals surface area contributed by atoms with Gasteiger partial charge in [0.05, 0.1) is 16.8 Å². The van der Waals surface area contributed by atoms with E-state index in [1.54, 1.807) is 4.68 Å². The lowest BCUT2D eigenvalue weighted by Crippen LogP contribution is -2.12. The van der Waals surface area contributed by atoms with Gasteiger partial charge in [0.1, 0.15) is 5.69 Å². The van der Waals surface area contributed by atoms with Gasteiger partial charge < -0.3 is 5.11 Å². The summed E-state index contributed by atoms with van der Waals surface area (Å²) in [4.78, 5) is 10.7. The standard InChI is InChI=1S/C13H18F2N2O2S/c14-13(15)10-7-11(20-8-12(18)19)17(16-10)9-5-3-1-2-4-6-9/h7,9,13H,1-6,8H2,(H,18,19). The molecular weight excluding hydrogens is 286 g/mol. The van der Waals surface area contributed by atoms with Crippen molar-refractivity contribution in [2.45, 2.75) is 56.0 Å². The Morgan fingerprint density at radius 3 is 2.60 bits per heavy atom. The molecule has 0 saturated heterocycles. The number of aliphatic carboxylic acids is 1. The van der Waals surface area contributed by atoms with Crippen LogP contribution in [0.4, 0.5) is 8.78 Å². The van der Waals surface area contributed by atoms with Crippen LogP contribution in [0.1, 0.15) is 56.7 Å². The van der Waals surface area contributed by atoms with Crippen molar-refractivity contribution in [3.63, 3.8) is 0 Å². The molecule has 1 heterocycles. The predicted molar refractivity (Wildman–Crippen MR) is 72.3 cm³/mol. The van der Waals surface area contributed by atoms with Crippen molar-refractivity contribution in [2.24, 2.45) is 0 Å². The summed E-state index contributed by atoms with van der Waals surface area (Å²) in [6, 6.07) is 1.43. The summed E-state index contributed by atoms with van der Waals surface area (Å²) in [6.07, 6.45) is 3.69. The third kappa shape index (κ3) is 3.94. The summed E-state index contributed by atoms with van der Waals surface area (Å²) >= 11 is 1.06. The maximum atomic E-state index is 12.8. The zero-order valence-electron chi connectivity index (χ0n) is 11.1. The number of carboxylic acids is 1. The minimum Gasteiger partial charge on any atom is -0.481 e. The Labute approximate surface area is 120 Å². The number of aromatic nitrogens is 2. The molecule has 4 nitrogen and oxygen atoms in total. The van der Waals surface area contributed by atoms with Gasteiger partial charge in [0.15, 0.2) is 0 Å². The Morgan fingerprint density at radius 1 is 1.40 bits per heavy atom. The number of nitrogens with zero attached hydrogens (tertiary/aromatic N) is 2. The highest BCUT2D eigenvalue weighted by atomic mass is 32.2. The molecule has 1 fully saturated rings. The lowest BCUT2D eigenvalue weighted by atomic mass is 10.1. The maximum absolute atomic E-state index is 12.8. The Balaban J connectivity index is 2.20. The number of halogens is 2. The normalized spacial score (nSPS) is 17.4. The van der Waals surface area contributed by atoms with E-state index in [1.807, 2.05) is 0 Å². The summed E-state index contributed by atoms with van der Waals surface area (Å²) in [5.41, 5.74) is -0.262. The number of alkyl halides is 2. The Kier molecular flexibility index (Phi) is 5.39. The highest BCUT2D eigenvalue weighted by Gasteiger charge is 2.22. The first-order valence-corrected chi connectivity index (χ1v) is 7.78. The molecule has 0 aliphatic heterocycles. The van der Waals surface area contributed by atoms with Crippen LogP contribution in [0.2, 0.25) is 0 Å². The van der Waals surface area contributed by atoms with Gasteiger partial charge in [-0.25, -0.2) is 8.78 Å². The second-order valence-electron chi connectivity index (χ2n) is 4.98. The van der Waals surface area contributed by atoms with Gasteiger partial charge in [0.2, 0.25) is 0 Å². The average molecular weight is 304 g/mol. The van der Waals surface area contributed by atoms with E-state index >= 15 is 0 Å². The minimum absolute atomic E-state index is 0.112. The number of carbonyl (C=O) groups is 1. The molecule has 1 aliphatic carbocycles. The highest BCUT2D eigenvalue weighted by Crippen LogP contribution is 2.33. The van der Waals surface area contributed by atoms with Crippen molar-refractivity contribution in [1.29, 1.82) is 0 Å². The second-order valence-corrected chi connectivity index (χ2v) is 5.98. The summed E-state index contributed by atoms with van der Waals surface area (Å²) < 4.78 is 27.2. The third-order valence-electron chi connectivity index (χ3n) is 3.46. The molecule has 0 radical (unpaired) electrons. The Bertz CT molecular complexity index is 457. The molecule has 20 heavy (non-hydrogen) atoms. The smallest absolute Gasteiger partial charge is 0.313 e. The van der Waals surface area contributed by atoms with Crippen molar-refractivity contribution >= 4 is 17.7 Å². The fourth-order valence-electron chi connectivity index (χ4n) is 2.51. The monoisotopic (exact) mass is 304 g/mol. The van der Waals surface area contributed by atoms with E-state index in [0.29, 0.717) is 5.03 Å². The third-order valence-corrected chi connectivity index (χ3v) is 4.45. The molecule has 1 saturated carbocycles. The number of rotatable bonds is 5. The number of carboxylic acid groups (broad SMARTS) is 1. The lowest BCUT2D eigenvalue weighted by Gasteiger charge is -2.17. The topological polar surface area (TPSA) is 55.1 Å². The van der Waals surface area contributed by atoms with E-state index in [-0.39, 0.29) is 17.5 Å². The van der Waals surface area contributed by atoms with Gasteiger partial charge in [0, 0.05) is 0 Å². The summed E-state index contributed by atoms with van der Waals surface area (Å²) in [7, 11) is 0. The molecule has 0 aromatic carbocycles. The molecule has 1 N–H and O–H groups in total. The molecule has 7 heteroatoms. The van der Waals surface area contributed by atoms with E-state index in [4.69, 9.17) is 5.11 Å². The van der Waals surface area contributed by atoms with E-state index in [0.717, 1.165) is 50.3 Å². The van der Waals surface area contributed by atoms with Crippen molar-refractivity contribution < 1.29 is 18.7 Å². The van der Waals surface area contributed by atoms with E-state index < -0.39 is 12.4 Å². The Morgan fingerprint density at radius 2 is 2.05 bits per heavy atom. The predicted octanol–water partition coefficient (Wildman–Crippen LogP) is 3.89. The molecule has 2 rings (SSSR count). The van der Waals surface area contributed by atoms with Crippen LogP contribution in [0.5, 0.6) is 0 Å². The lowest BCUT2D eigenvalue weighted by molar-refractivity contribution is -0.133. The first-order chi connectivity index (χ1) is 9.58. The van der Waals surface area contributed by atoms with Crippen molar-refractivity contribution in [3.05, 3.63) is 11.8 Å². The fraction of sp³-hybridized carbons (Fsp3) is 0.692. The van der Waals surface area contributed by atoms with Crippen molar-refractivity contribution in [1.82, 2.24) is 9.78 Å². The number of hydrogen-bond acceptors (Lipinski definition) is 3. The summed E-state index contributed by atoms with van der Waals surface area (Å²) in [5.74, 6) is -1.09. The van der Waals surface area contributed by atoms with Crippen LogP contribution in [-0.4, -0.2) is 26.6 Å². The molecule has 0 amide bonds. The fourth-order valence-corrected chi connectivity index (χ4v) is 3.31. The van der Waals surface area contributed by atoms with Gasteiger partial charge in [-0.15, -0.1) is 0 Å². The van der Waals surface area contributed by atoms with Crippen molar-refractivity contribution in [2.75, 3.05) is 5.75 Å². The van der Waals surface area contributed by atoms with Gasteiger partial charge in [-0.2, -0.15) is 5.10 Å². The largest absolute Gasteiger partial charge is 0.481 e. The number of thioether (sulfide) groups is 1. The molecule has 1 aromatic heterocycles. The zero-order valence-corrected chi connectivity index (χ0v) is 11.9. The molecule has 0 unspecified atom stereocenters. The molecule has 0 atom stereocenters. The van der Waals surface area contributed by atoms with Gasteiger partial charge >= 0.3 is 5.97 Å². The van der Waals surface area contributed by atoms with Crippen LogP contribution in [0.15, 0.2) is 11.1 Å². The molecule has 1 aromatic rings. The summed E-state index contributed by atoms with van der Waals surface area (Å²) in [5, 5.41) is 13.3. The molecular formula is C13H18F2N2O2S. The first kappa shape index (κ1) is 15.3. The van der Waals surface area contributed by atoms with E-state index in [1.165, 1.54) is 6.07 Å². The van der Waals surface area contributed by atoms with Crippen LogP contribution in [-0.2, 0) is 4.79 Å². The maximum Gasteiger partial charge on any atom is 0.313 e. The molecule has 0 bridgehead atoms. The number of hydrogen-bond donors (Lipinski definition) is 1. The van der Waals surface area contributed by atoms with Crippen LogP contribution >= 0.6 is 11.8 Å². The SMILES string of the molecule is O=C(O)CSc1cc(C(F)F)nn1C1CCCCCC1. The van der Waals surface area contributed by atoms with Gasteiger partial charge in [0.25, 0.3) is 6.43 Å². The highest BCUT2D eigenvalue weighted by molar-refractivity contribution is 7.99. The molecule has 0 spiro atoms. The zero-order chi connectivity index (χ0) is 14.5. The van der Waals surface area contributed by atoms with Gasteiger partial charge in [-0.1, -0.05) is 37.4 Å². The first-order valence-electron chi connectivity index (χ1n) is 6.80. The molecule has 1 aliphatic rings. The van der Waals surface area contributed by atoms with Crippen LogP contribution in [0, 0.1) is 0 Å². The average Bonchev–Trinajstić information content (AvgIpc) is 2.64. The van der Waals surface area contributed by atoms with Gasteiger partial charge in [-0.05, 0) is 18.9 Å². The quantitative estimate of drug-likeness (QED) is 0.662.